The molecule has 2 aromatic rings. The summed E-state index contributed by atoms with van der Waals surface area (Å²) in [5, 5.41) is 8.23. The molecule has 0 unspecified atom stereocenters. The number of nitrogens with one attached hydrogen (secondary N) is 1. The lowest BCUT2D eigenvalue weighted by Gasteiger charge is -1.93. The summed E-state index contributed by atoms with van der Waals surface area (Å²) in [6, 6.07) is 6.09. The topological polar surface area (TPSA) is 28.7 Å². The average molecular weight is 181 g/mol. The van der Waals surface area contributed by atoms with E-state index >= 15 is 0 Å². The van der Waals surface area contributed by atoms with Gasteiger partial charge in [-0.2, -0.15) is 5.10 Å². The number of nitrogens with zero attached hydrogens (tertiary/aromatic N) is 1. The van der Waals surface area contributed by atoms with Crippen molar-refractivity contribution in [2.24, 2.45) is 0 Å². The highest BCUT2D eigenvalue weighted by molar-refractivity contribution is 6.17. The van der Waals surface area contributed by atoms with Gasteiger partial charge in [-0.15, -0.1) is 11.6 Å². The largest absolute Gasteiger partial charge is 0.280 e. The summed E-state index contributed by atoms with van der Waals surface area (Å²) in [4.78, 5) is 0. The van der Waals surface area contributed by atoms with Gasteiger partial charge < -0.3 is 0 Å². The molecular weight excluding hydrogens is 172 g/mol. The number of hydrogen-bond donors (Lipinski definition) is 1. The van der Waals surface area contributed by atoms with Crippen LogP contribution < -0.4 is 0 Å². The highest BCUT2D eigenvalue weighted by Crippen LogP contribution is 2.19. The molecule has 0 fully saturated rings. The first-order chi connectivity index (χ1) is 5.83. The fourth-order valence-electron chi connectivity index (χ4n) is 1.34. The van der Waals surface area contributed by atoms with E-state index in [-0.39, 0.29) is 0 Å². The Balaban J connectivity index is 2.80. The van der Waals surface area contributed by atoms with Crippen LogP contribution in [0.5, 0.6) is 0 Å². The third-order valence-corrected chi connectivity index (χ3v) is 2.27. The minimum Gasteiger partial charge on any atom is -0.280 e. The molecule has 62 valence electrons. The van der Waals surface area contributed by atoms with E-state index < -0.39 is 0 Å². The second kappa shape index (κ2) is 2.79. The maximum absolute atomic E-state index is 5.73. The van der Waals surface area contributed by atoms with Crippen LogP contribution in [0, 0.1) is 6.92 Å². The van der Waals surface area contributed by atoms with Crippen LogP contribution in [0.1, 0.15) is 11.3 Å². The number of para-hydroxylation sites is 1. The van der Waals surface area contributed by atoms with Crippen LogP contribution >= 0.6 is 11.6 Å². The molecule has 0 saturated heterocycles. The Bertz CT molecular complexity index is 406. The molecule has 3 heteroatoms. The lowest BCUT2D eigenvalue weighted by atomic mass is 10.1. The number of aryl methyl sites for hydroxylation is 1. The number of aromatic nitrogens is 2. The zero-order valence-electron chi connectivity index (χ0n) is 6.76. The van der Waals surface area contributed by atoms with Gasteiger partial charge in [-0.1, -0.05) is 18.2 Å². The van der Waals surface area contributed by atoms with Gasteiger partial charge in [-0.25, -0.2) is 0 Å². The molecule has 2 nitrogen and oxygen atoms in total. The Morgan fingerprint density at radius 1 is 1.50 bits per heavy atom. The van der Waals surface area contributed by atoms with E-state index in [9.17, 15) is 0 Å². The predicted molar refractivity (Wildman–Crippen MR) is 50.4 cm³/mol. The molecule has 0 amide bonds. The van der Waals surface area contributed by atoms with Crippen molar-refractivity contribution in [1.29, 1.82) is 0 Å². The summed E-state index contributed by atoms with van der Waals surface area (Å²) in [6.45, 7) is 2.04. The van der Waals surface area contributed by atoms with Gasteiger partial charge >= 0.3 is 0 Å². The van der Waals surface area contributed by atoms with Crippen molar-refractivity contribution in [3.63, 3.8) is 0 Å². The summed E-state index contributed by atoms with van der Waals surface area (Å²) in [7, 11) is 0. The number of benzene rings is 1. The van der Waals surface area contributed by atoms with Crippen LogP contribution in [0.15, 0.2) is 18.2 Å². The van der Waals surface area contributed by atoms with Crippen molar-refractivity contribution in [3.05, 3.63) is 29.5 Å². The number of fused-ring (bicyclic) bond motifs is 1. The van der Waals surface area contributed by atoms with Gasteiger partial charge in [0.1, 0.15) is 0 Å². The Morgan fingerprint density at radius 3 is 3.08 bits per heavy atom. The Hall–Kier alpha value is -1.02. The monoisotopic (exact) mass is 180 g/mol. The van der Waals surface area contributed by atoms with Crippen molar-refractivity contribution in [2.45, 2.75) is 12.8 Å². The average Bonchev–Trinajstić information content (AvgIpc) is 2.49. The number of aromatic amines is 1. The third kappa shape index (κ3) is 0.994. The van der Waals surface area contributed by atoms with Crippen LogP contribution in [0.3, 0.4) is 0 Å². The highest BCUT2D eigenvalue weighted by Gasteiger charge is 2.04. The van der Waals surface area contributed by atoms with E-state index in [0.29, 0.717) is 5.88 Å². The first-order valence-electron chi connectivity index (χ1n) is 3.81. The van der Waals surface area contributed by atoms with Crippen LogP contribution in [0.2, 0.25) is 0 Å². The van der Waals surface area contributed by atoms with Gasteiger partial charge in [0.05, 0.1) is 17.1 Å². The van der Waals surface area contributed by atoms with Crippen molar-refractivity contribution in [2.75, 3.05) is 0 Å². The molecule has 0 aliphatic heterocycles. The molecule has 0 aliphatic carbocycles. The minimum absolute atomic E-state index is 0.486. The molecule has 1 heterocycles. The first-order valence-corrected chi connectivity index (χ1v) is 4.35. The molecular formula is C9H9ClN2. The maximum atomic E-state index is 5.73. The van der Waals surface area contributed by atoms with Gasteiger partial charge in [-0.05, 0) is 12.5 Å². The van der Waals surface area contributed by atoms with E-state index in [1.807, 2.05) is 25.1 Å². The molecule has 0 spiro atoms. The number of H-pyrrole nitrogens is 1. The molecule has 0 radical (unpaired) electrons. The fraction of sp³-hybridized carbons (Fsp3) is 0.222. The number of alkyl halides is 1. The van der Waals surface area contributed by atoms with Crippen molar-refractivity contribution in [3.8, 4) is 0 Å². The number of halogens is 1. The van der Waals surface area contributed by atoms with Crippen LogP contribution in [-0.4, -0.2) is 10.2 Å². The quantitative estimate of drug-likeness (QED) is 0.672. The normalized spacial score (nSPS) is 10.8. The number of hydrogen-bond acceptors (Lipinski definition) is 1. The van der Waals surface area contributed by atoms with Crippen molar-refractivity contribution in [1.82, 2.24) is 10.2 Å². The van der Waals surface area contributed by atoms with Gasteiger partial charge in [0.25, 0.3) is 0 Å². The van der Waals surface area contributed by atoms with Gasteiger partial charge in [0.15, 0.2) is 0 Å². The van der Waals surface area contributed by atoms with E-state index in [1.165, 1.54) is 5.56 Å². The van der Waals surface area contributed by atoms with Crippen molar-refractivity contribution < 1.29 is 0 Å². The van der Waals surface area contributed by atoms with Gasteiger partial charge in [-0.3, -0.25) is 5.10 Å². The summed E-state index contributed by atoms with van der Waals surface area (Å²) < 4.78 is 0. The smallest absolute Gasteiger partial charge is 0.0953 e. The van der Waals surface area contributed by atoms with E-state index in [1.54, 1.807) is 0 Å². The molecule has 0 bridgehead atoms. The summed E-state index contributed by atoms with van der Waals surface area (Å²) in [6.07, 6.45) is 0. The molecule has 12 heavy (non-hydrogen) atoms. The third-order valence-electron chi connectivity index (χ3n) is 2.00. The Labute approximate surface area is 75.5 Å². The Kier molecular flexibility index (Phi) is 1.77. The SMILES string of the molecule is Cc1cccc2c(CCl)[nH]nc12. The zero-order chi connectivity index (χ0) is 8.55. The van der Waals surface area contributed by atoms with Crippen LogP contribution in [0.25, 0.3) is 10.9 Å². The maximum Gasteiger partial charge on any atom is 0.0953 e. The second-order valence-corrected chi connectivity index (χ2v) is 3.07. The van der Waals surface area contributed by atoms with E-state index in [2.05, 4.69) is 10.2 Å². The van der Waals surface area contributed by atoms with Gasteiger partial charge in [0, 0.05) is 5.39 Å². The van der Waals surface area contributed by atoms with E-state index in [4.69, 9.17) is 11.6 Å². The van der Waals surface area contributed by atoms with Crippen LogP contribution in [0.4, 0.5) is 0 Å². The lowest BCUT2D eigenvalue weighted by Crippen LogP contribution is -1.76. The molecule has 1 aromatic carbocycles. The number of rotatable bonds is 1. The molecule has 1 aromatic heterocycles. The van der Waals surface area contributed by atoms with Crippen LogP contribution in [-0.2, 0) is 5.88 Å². The molecule has 0 aliphatic rings. The highest BCUT2D eigenvalue weighted by atomic mass is 35.5. The molecule has 1 N–H and O–H groups in total. The lowest BCUT2D eigenvalue weighted by molar-refractivity contribution is 1.05. The molecule has 2 rings (SSSR count). The molecule has 0 saturated carbocycles. The predicted octanol–water partition coefficient (Wildman–Crippen LogP) is 2.61. The van der Waals surface area contributed by atoms with Gasteiger partial charge in [0.2, 0.25) is 0 Å². The standard InChI is InChI=1S/C9H9ClN2/c1-6-3-2-4-7-8(5-10)11-12-9(6)7/h2-4H,5H2,1H3,(H,11,12). The summed E-state index contributed by atoms with van der Waals surface area (Å²) >= 11 is 5.73. The summed E-state index contributed by atoms with van der Waals surface area (Å²) in [5.74, 6) is 0.486. The first kappa shape index (κ1) is 7.62. The fourth-order valence-corrected chi connectivity index (χ4v) is 1.54. The second-order valence-electron chi connectivity index (χ2n) is 2.81. The van der Waals surface area contributed by atoms with E-state index in [0.717, 1.165) is 16.6 Å². The zero-order valence-corrected chi connectivity index (χ0v) is 7.52. The molecule has 0 atom stereocenters. The summed E-state index contributed by atoms with van der Waals surface area (Å²) in [5.41, 5.74) is 3.20. The van der Waals surface area contributed by atoms with Crippen molar-refractivity contribution >= 4 is 22.5 Å². The minimum atomic E-state index is 0.486. The Morgan fingerprint density at radius 2 is 2.33 bits per heavy atom.